The van der Waals surface area contributed by atoms with Gasteiger partial charge in [-0.1, -0.05) is 90.1 Å². The lowest BCUT2D eigenvalue weighted by Gasteiger charge is -2.36. The number of nitrogens with one attached hydrogen (secondary N) is 3. The van der Waals surface area contributed by atoms with Gasteiger partial charge >= 0.3 is 0 Å². The fraction of sp³-hybridized carbons (Fsp3) is 0.368. The van der Waals surface area contributed by atoms with E-state index in [2.05, 4.69) is 81.4 Å². The van der Waals surface area contributed by atoms with E-state index >= 15 is 0 Å². The van der Waals surface area contributed by atoms with Crippen molar-refractivity contribution >= 4 is 17.8 Å². The first-order valence-corrected chi connectivity index (χ1v) is 24.2. The lowest BCUT2D eigenvalue weighted by molar-refractivity contribution is -0.0213. The van der Waals surface area contributed by atoms with Gasteiger partial charge in [-0.05, 0) is 113 Å². The van der Waals surface area contributed by atoms with Crippen LogP contribution in [0.1, 0.15) is 104 Å². The van der Waals surface area contributed by atoms with Gasteiger partial charge in [-0.25, -0.2) is 29.9 Å². The first kappa shape index (κ1) is 50.7. The second-order valence-electron chi connectivity index (χ2n) is 17.6. The van der Waals surface area contributed by atoms with Gasteiger partial charge in [-0.2, -0.15) is 0 Å². The molecule has 3 saturated carbocycles. The smallest absolute Gasteiger partial charge is 0.223 e. The molecule has 2 unspecified atom stereocenters. The van der Waals surface area contributed by atoms with E-state index in [-0.39, 0.29) is 24.4 Å². The Hall–Kier alpha value is -7.18. The van der Waals surface area contributed by atoms with Gasteiger partial charge in [-0.3, -0.25) is 0 Å². The highest BCUT2D eigenvalue weighted by Crippen LogP contribution is 2.27. The Balaban J connectivity index is 0.000000155. The SMILES string of the molecule is COC1CCCC(OC)C1Nc1ncc(C#Cc2ccccc2)cn1.OC[C@H]1CC[C@H](Nc2ncc(C#Cc3ccccc3)cn2)CC1.O[C@H]1CC[C@H](Nc2ncc(C#Cc3ccccc3)cn2)CC1. The number of nitrogens with zero attached hydrogens (tertiary/aromatic N) is 6. The highest BCUT2D eigenvalue weighted by atomic mass is 16.5. The normalized spacial score (nSPS) is 21.3. The highest BCUT2D eigenvalue weighted by molar-refractivity contribution is 5.44. The monoisotopic (exact) mass is 938 g/mol. The molecule has 9 rings (SSSR count). The van der Waals surface area contributed by atoms with Crippen LogP contribution in [-0.2, 0) is 9.47 Å². The molecule has 0 radical (unpaired) electrons. The van der Waals surface area contributed by atoms with E-state index in [1.54, 1.807) is 51.4 Å². The first-order chi connectivity index (χ1) is 34.4. The number of ether oxygens (including phenoxy) is 2. The van der Waals surface area contributed by atoms with Crippen LogP contribution in [0.2, 0.25) is 0 Å². The maximum absolute atomic E-state index is 9.51. The van der Waals surface area contributed by atoms with Crippen LogP contribution in [-0.4, -0.2) is 97.4 Å². The van der Waals surface area contributed by atoms with Crippen molar-refractivity contribution in [2.24, 2.45) is 5.92 Å². The molecule has 360 valence electrons. The molecule has 0 saturated heterocycles. The molecule has 0 bridgehead atoms. The number of methoxy groups -OCH3 is 2. The minimum atomic E-state index is -0.144. The summed E-state index contributed by atoms with van der Waals surface area (Å²) in [7, 11) is 3.47. The van der Waals surface area contributed by atoms with Crippen molar-refractivity contribution in [3.8, 4) is 35.5 Å². The van der Waals surface area contributed by atoms with Crippen LogP contribution in [0.5, 0.6) is 0 Å². The van der Waals surface area contributed by atoms with E-state index in [9.17, 15) is 10.2 Å². The number of benzene rings is 3. The van der Waals surface area contributed by atoms with Crippen molar-refractivity contribution in [2.45, 2.75) is 107 Å². The predicted octanol–water partition coefficient (Wildman–Crippen LogP) is 8.30. The molecule has 13 nitrogen and oxygen atoms in total. The third-order valence-corrected chi connectivity index (χ3v) is 12.5. The van der Waals surface area contributed by atoms with Gasteiger partial charge in [0.1, 0.15) is 0 Å². The molecule has 70 heavy (non-hydrogen) atoms. The number of aliphatic hydroxyl groups is 2. The van der Waals surface area contributed by atoms with Gasteiger partial charge in [0.05, 0.1) is 41.0 Å². The maximum Gasteiger partial charge on any atom is 0.223 e. The molecule has 6 aromatic rings. The van der Waals surface area contributed by atoms with Crippen molar-refractivity contribution in [3.63, 3.8) is 0 Å². The molecular weight excluding hydrogens is 875 g/mol. The summed E-state index contributed by atoms with van der Waals surface area (Å²) in [5.41, 5.74) is 5.32. The Morgan fingerprint density at radius 2 is 0.771 bits per heavy atom. The number of aliphatic hydroxyl groups excluding tert-OH is 2. The second kappa shape index (κ2) is 27.7. The van der Waals surface area contributed by atoms with Crippen molar-refractivity contribution in [1.82, 2.24) is 29.9 Å². The summed E-state index contributed by atoms with van der Waals surface area (Å²) in [4.78, 5) is 26.1. The molecule has 0 spiro atoms. The van der Waals surface area contributed by atoms with Crippen LogP contribution in [0.3, 0.4) is 0 Å². The predicted molar refractivity (Wildman–Crippen MR) is 275 cm³/mol. The third kappa shape index (κ3) is 16.8. The van der Waals surface area contributed by atoms with Gasteiger partial charge in [0, 0.05) is 86.8 Å². The molecule has 3 aromatic carbocycles. The van der Waals surface area contributed by atoms with Crippen molar-refractivity contribution in [2.75, 3.05) is 36.8 Å². The van der Waals surface area contributed by atoms with Crippen molar-refractivity contribution in [3.05, 3.63) is 162 Å². The maximum atomic E-state index is 9.51. The summed E-state index contributed by atoms with van der Waals surface area (Å²) < 4.78 is 11.2. The van der Waals surface area contributed by atoms with Crippen LogP contribution in [0.25, 0.3) is 0 Å². The van der Waals surface area contributed by atoms with Crippen LogP contribution in [0, 0.1) is 41.4 Å². The zero-order valence-corrected chi connectivity index (χ0v) is 40.0. The van der Waals surface area contributed by atoms with E-state index in [4.69, 9.17) is 9.47 Å². The fourth-order valence-corrected chi connectivity index (χ4v) is 8.46. The standard InChI is InChI=1S/C20H23N3O2.C19H21N3O.C18H19N3O/c1-24-17-9-6-10-18(25-2)19(17)23-20-21-13-16(14-22-20)12-11-15-7-4-3-5-8-15;23-14-16-8-10-18(11-9-16)22-19-20-12-17(13-21-19)7-6-15-4-2-1-3-5-15;22-17-10-8-16(9-11-17)21-18-19-12-15(13-20-18)7-6-14-4-2-1-3-5-14/h3-5,7-8,13-14,17-19H,6,9-10H2,1-2H3,(H,21,22,23);1-5,12-13,16,18,23H,8-11,14H2,(H,20,21,22);1-5,12-13,16-17,22H,8-11H2,(H,19,20,21)/t;16-,18-;16-,17-. The summed E-state index contributed by atoms with van der Waals surface area (Å²) >= 11 is 0. The second-order valence-corrected chi connectivity index (χ2v) is 17.6. The molecule has 0 amide bonds. The Labute approximate surface area is 412 Å². The molecule has 0 aliphatic heterocycles. The molecule has 2 atom stereocenters. The molecule has 3 aliphatic carbocycles. The fourth-order valence-electron chi connectivity index (χ4n) is 8.46. The molecule has 3 fully saturated rings. The van der Waals surface area contributed by atoms with Crippen LogP contribution < -0.4 is 16.0 Å². The number of hydrogen-bond acceptors (Lipinski definition) is 13. The summed E-state index contributed by atoms with van der Waals surface area (Å²) in [6, 6.07) is 30.4. The van der Waals surface area contributed by atoms with E-state index < -0.39 is 0 Å². The van der Waals surface area contributed by atoms with Gasteiger partial charge in [0.2, 0.25) is 17.8 Å². The number of anilines is 3. The Kier molecular flexibility index (Phi) is 20.1. The molecule has 3 heterocycles. The summed E-state index contributed by atoms with van der Waals surface area (Å²) in [5.74, 6) is 20.8. The highest BCUT2D eigenvalue weighted by Gasteiger charge is 2.34. The third-order valence-electron chi connectivity index (χ3n) is 12.5. The largest absolute Gasteiger partial charge is 0.396 e. The van der Waals surface area contributed by atoms with Crippen molar-refractivity contribution in [1.29, 1.82) is 0 Å². The van der Waals surface area contributed by atoms with Crippen molar-refractivity contribution < 1.29 is 19.7 Å². The number of aromatic nitrogens is 6. The van der Waals surface area contributed by atoms with Crippen LogP contribution in [0.15, 0.2) is 128 Å². The van der Waals surface area contributed by atoms with Crippen LogP contribution in [0.4, 0.5) is 17.8 Å². The molecular formula is C57H63N9O4. The van der Waals surface area contributed by atoms with E-state index in [1.165, 1.54) is 0 Å². The van der Waals surface area contributed by atoms with Gasteiger partial charge in [0.25, 0.3) is 0 Å². The van der Waals surface area contributed by atoms with Crippen LogP contribution >= 0.6 is 0 Å². The lowest BCUT2D eigenvalue weighted by atomic mass is 9.87. The zero-order valence-electron chi connectivity index (χ0n) is 40.0. The average Bonchev–Trinajstić information content (AvgIpc) is 3.42. The minimum Gasteiger partial charge on any atom is -0.396 e. The average molecular weight is 938 g/mol. The van der Waals surface area contributed by atoms with Gasteiger partial charge in [-0.15, -0.1) is 0 Å². The van der Waals surface area contributed by atoms with Gasteiger partial charge < -0.3 is 35.6 Å². The molecule has 5 N–H and O–H groups in total. The lowest BCUT2D eigenvalue weighted by Crippen LogP contribution is -2.48. The van der Waals surface area contributed by atoms with E-state index in [0.29, 0.717) is 42.5 Å². The molecule has 13 heteroatoms. The van der Waals surface area contributed by atoms with Gasteiger partial charge in [0.15, 0.2) is 0 Å². The topological polar surface area (TPSA) is 172 Å². The van der Waals surface area contributed by atoms with E-state index in [0.717, 1.165) is 104 Å². The Morgan fingerprint density at radius 3 is 1.11 bits per heavy atom. The minimum absolute atomic E-state index is 0.0463. The summed E-state index contributed by atoms with van der Waals surface area (Å²) in [5, 5.41) is 28.7. The number of rotatable bonds is 9. The quantitative estimate of drug-likeness (QED) is 0.0878. The molecule has 3 aromatic heterocycles. The number of hydrogen-bond donors (Lipinski definition) is 5. The zero-order chi connectivity index (χ0) is 48.6. The summed E-state index contributed by atoms with van der Waals surface area (Å²) in [6.07, 6.45) is 21.5. The summed E-state index contributed by atoms with van der Waals surface area (Å²) in [6.45, 7) is 0.304. The Morgan fingerprint density at radius 1 is 0.443 bits per heavy atom. The molecule has 3 aliphatic rings. The Bertz CT molecular complexity index is 2620. The van der Waals surface area contributed by atoms with E-state index in [1.807, 2.05) is 91.0 Å². The first-order valence-electron chi connectivity index (χ1n) is 24.2.